The van der Waals surface area contributed by atoms with Crippen LogP contribution in [-0.4, -0.2) is 21.7 Å². The summed E-state index contributed by atoms with van der Waals surface area (Å²) in [5, 5.41) is 1.49. The Morgan fingerprint density at radius 3 is 2.76 bits per heavy atom. The number of carbonyl (C=O) groups is 1. The van der Waals surface area contributed by atoms with Crippen LogP contribution in [0.15, 0.2) is 59.1 Å². The second-order valence-corrected chi connectivity index (χ2v) is 7.75. The molecule has 3 aliphatic rings. The zero-order valence-corrected chi connectivity index (χ0v) is 15.0. The lowest BCUT2D eigenvalue weighted by Gasteiger charge is -2.37. The minimum Gasteiger partial charge on any atom is -0.279 e. The van der Waals surface area contributed by atoms with Crippen molar-refractivity contribution in [2.45, 2.75) is 18.9 Å². The van der Waals surface area contributed by atoms with Gasteiger partial charge < -0.3 is 0 Å². The van der Waals surface area contributed by atoms with E-state index in [1.807, 2.05) is 29.2 Å². The van der Waals surface area contributed by atoms with E-state index in [2.05, 4.69) is 24.3 Å². The number of thioether (sulfide) groups is 1. The zero-order chi connectivity index (χ0) is 17.0. The van der Waals surface area contributed by atoms with Crippen LogP contribution < -0.4 is 0 Å². The number of amides is 1. The lowest BCUT2D eigenvalue weighted by molar-refractivity contribution is -0.125. The molecule has 2 aliphatic heterocycles. The van der Waals surface area contributed by atoms with Gasteiger partial charge in [0.1, 0.15) is 0 Å². The Morgan fingerprint density at radius 1 is 1.08 bits per heavy atom. The molecule has 0 bridgehead atoms. The summed E-state index contributed by atoms with van der Waals surface area (Å²) in [6.45, 7) is 0. The van der Waals surface area contributed by atoms with Crippen molar-refractivity contribution in [2.75, 3.05) is 5.75 Å². The van der Waals surface area contributed by atoms with E-state index < -0.39 is 0 Å². The molecule has 2 aromatic rings. The molecule has 0 spiro atoms. The summed E-state index contributed by atoms with van der Waals surface area (Å²) in [6, 6.07) is 16.1. The van der Waals surface area contributed by atoms with Crippen molar-refractivity contribution in [3.8, 4) is 0 Å². The monoisotopic (exact) mass is 366 g/mol. The van der Waals surface area contributed by atoms with Crippen LogP contribution in [0.5, 0.6) is 0 Å². The number of halogens is 1. The van der Waals surface area contributed by atoms with E-state index in [-0.39, 0.29) is 11.9 Å². The molecular formula is C20H15ClN2OS. The molecule has 5 heteroatoms. The Hall–Kier alpha value is -2.04. The number of rotatable bonds is 1. The SMILES string of the molecule is O=C1CSC2=NC3=C(CCc4ccccc43)[C@H](c3ccccc3Cl)N12. The van der Waals surface area contributed by atoms with Crippen molar-refractivity contribution in [1.82, 2.24) is 4.90 Å². The molecule has 1 atom stereocenters. The summed E-state index contributed by atoms with van der Waals surface area (Å²) in [7, 11) is 0. The van der Waals surface area contributed by atoms with Crippen molar-refractivity contribution in [3.05, 3.63) is 75.8 Å². The molecule has 0 radical (unpaired) electrons. The van der Waals surface area contributed by atoms with Gasteiger partial charge in [0, 0.05) is 10.6 Å². The van der Waals surface area contributed by atoms with Crippen molar-refractivity contribution in [1.29, 1.82) is 0 Å². The van der Waals surface area contributed by atoms with E-state index in [9.17, 15) is 4.79 Å². The summed E-state index contributed by atoms with van der Waals surface area (Å²) in [6.07, 6.45) is 1.86. The highest BCUT2D eigenvalue weighted by molar-refractivity contribution is 8.15. The minimum absolute atomic E-state index is 0.110. The van der Waals surface area contributed by atoms with Gasteiger partial charge in [-0.15, -0.1) is 0 Å². The van der Waals surface area contributed by atoms with E-state index in [4.69, 9.17) is 16.6 Å². The first-order valence-electron chi connectivity index (χ1n) is 8.33. The number of nitrogens with zero attached hydrogens (tertiary/aromatic N) is 2. The summed E-state index contributed by atoms with van der Waals surface area (Å²) in [4.78, 5) is 19.3. The van der Waals surface area contributed by atoms with Gasteiger partial charge in [-0.05, 0) is 35.6 Å². The summed E-state index contributed by atoms with van der Waals surface area (Å²) in [5.41, 5.74) is 5.73. The highest BCUT2D eigenvalue weighted by atomic mass is 35.5. The van der Waals surface area contributed by atoms with Crippen molar-refractivity contribution in [3.63, 3.8) is 0 Å². The van der Waals surface area contributed by atoms with Gasteiger partial charge in [0.25, 0.3) is 0 Å². The number of aryl methyl sites for hydroxylation is 1. The molecule has 1 fully saturated rings. The molecule has 0 saturated carbocycles. The summed E-state index contributed by atoms with van der Waals surface area (Å²) >= 11 is 8.04. The average Bonchev–Trinajstić information content (AvgIpc) is 3.01. The van der Waals surface area contributed by atoms with Crippen LogP contribution in [0.4, 0.5) is 0 Å². The molecule has 124 valence electrons. The number of aliphatic imine (C=N–C) groups is 1. The van der Waals surface area contributed by atoms with Crippen LogP contribution in [0.2, 0.25) is 5.02 Å². The third kappa shape index (κ3) is 2.28. The Bertz CT molecular complexity index is 966. The van der Waals surface area contributed by atoms with Gasteiger partial charge in [-0.1, -0.05) is 65.8 Å². The Balaban J connectivity index is 1.76. The number of benzene rings is 2. The average molecular weight is 367 g/mol. The molecule has 5 rings (SSSR count). The first kappa shape index (κ1) is 15.2. The summed E-state index contributed by atoms with van der Waals surface area (Å²) < 4.78 is 0. The van der Waals surface area contributed by atoms with Gasteiger partial charge in [0.05, 0.1) is 17.5 Å². The Morgan fingerprint density at radius 2 is 1.88 bits per heavy atom. The van der Waals surface area contributed by atoms with Crippen molar-refractivity contribution >= 4 is 40.1 Å². The van der Waals surface area contributed by atoms with Crippen molar-refractivity contribution in [2.24, 2.45) is 4.99 Å². The lowest BCUT2D eigenvalue weighted by Crippen LogP contribution is -2.38. The smallest absolute Gasteiger partial charge is 0.239 e. The van der Waals surface area contributed by atoms with Crippen LogP contribution in [0.3, 0.4) is 0 Å². The van der Waals surface area contributed by atoms with Gasteiger partial charge in [0.15, 0.2) is 5.17 Å². The zero-order valence-electron chi connectivity index (χ0n) is 13.4. The van der Waals surface area contributed by atoms with Gasteiger partial charge in [0.2, 0.25) is 5.91 Å². The molecule has 0 unspecified atom stereocenters. The second kappa shape index (κ2) is 5.75. The molecular weight excluding hydrogens is 352 g/mol. The predicted octanol–water partition coefficient (Wildman–Crippen LogP) is 4.68. The van der Waals surface area contributed by atoms with Gasteiger partial charge >= 0.3 is 0 Å². The first-order valence-corrected chi connectivity index (χ1v) is 9.69. The largest absolute Gasteiger partial charge is 0.279 e. The van der Waals surface area contributed by atoms with Gasteiger partial charge in [-0.25, -0.2) is 4.99 Å². The molecule has 25 heavy (non-hydrogen) atoms. The third-order valence-electron chi connectivity index (χ3n) is 5.04. The van der Waals surface area contributed by atoms with E-state index in [1.54, 1.807) is 0 Å². The number of fused-ring (bicyclic) bond motifs is 3. The standard InChI is InChI=1S/C20H15ClN2OS/c21-16-8-4-3-7-14(16)19-15-10-9-12-5-1-2-6-13(12)18(15)22-20-23(19)17(24)11-25-20/h1-8,19H,9-11H2/t19-/m0/s1. The van der Waals surface area contributed by atoms with Crippen LogP contribution in [-0.2, 0) is 11.2 Å². The quantitative estimate of drug-likeness (QED) is 0.733. The third-order valence-corrected chi connectivity index (χ3v) is 6.32. The highest BCUT2D eigenvalue weighted by Crippen LogP contribution is 2.48. The number of carbonyl (C=O) groups excluding carboxylic acids is 1. The van der Waals surface area contributed by atoms with E-state index in [0.717, 1.165) is 29.3 Å². The van der Waals surface area contributed by atoms with E-state index in [0.29, 0.717) is 10.8 Å². The van der Waals surface area contributed by atoms with Crippen LogP contribution in [0, 0.1) is 0 Å². The Kier molecular flexibility index (Phi) is 3.50. The second-order valence-electron chi connectivity index (χ2n) is 6.40. The molecule has 0 aromatic heterocycles. The highest BCUT2D eigenvalue weighted by Gasteiger charge is 2.42. The number of hydrogen-bond acceptors (Lipinski definition) is 3. The van der Waals surface area contributed by atoms with Crippen LogP contribution in [0.25, 0.3) is 5.70 Å². The molecule has 2 aromatic carbocycles. The maximum Gasteiger partial charge on any atom is 0.239 e. The summed E-state index contributed by atoms with van der Waals surface area (Å²) in [5.74, 6) is 0.557. The van der Waals surface area contributed by atoms with E-state index in [1.165, 1.54) is 28.5 Å². The molecule has 1 aliphatic carbocycles. The van der Waals surface area contributed by atoms with Gasteiger partial charge in [-0.2, -0.15) is 0 Å². The fourth-order valence-electron chi connectivity index (χ4n) is 3.92. The lowest BCUT2D eigenvalue weighted by atomic mass is 9.82. The fraction of sp³-hybridized carbons (Fsp3) is 0.200. The topological polar surface area (TPSA) is 32.7 Å². The fourth-order valence-corrected chi connectivity index (χ4v) is 5.05. The van der Waals surface area contributed by atoms with Crippen molar-refractivity contribution < 1.29 is 4.79 Å². The predicted molar refractivity (Wildman–Crippen MR) is 103 cm³/mol. The normalized spacial score (nSPS) is 21.6. The molecule has 3 nitrogen and oxygen atoms in total. The number of hydrogen-bond donors (Lipinski definition) is 0. The molecule has 2 heterocycles. The minimum atomic E-state index is -0.146. The number of amidine groups is 1. The van der Waals surface area contributed by atoms with Crippen LogP contribution >= 0.6 is 23.4 Å². The maximum atomic E-state index is 12.6. The Labute approximate surface area is 155 Å². The maximum absolute atomic E-state index is 12.6. The molecule has 0 N–H and O–H groups in total. The van der Waals surface area contributed by atoms with Gasteiger partial charge in [-0.3, -0.25) is 9.69 Å². The molecule has 1 amide bonds. The molecule has 1 saturated heterocycles. The van der Waals surface area contributed by atoms with E-state index >= 15 is 0 Å². The van der Waals surface area contributed by atoms with Crippen LogP contribution in [0.1, 0.15) is 29.2 Å². The first-order chi connectivity index (χ1) is 12.2.